The summed E-state index contributed by atoms with van der Waals surface area (Å²) in [6.45, 7) is 0. The molecule has 2 rings (SSSR count). The zero-order chi connectivity index (χ0) is 13.3. The van der Waals surface area contributed by atoms with Crippen LogP contribution in [0.3, 0.4) is 0 Å². The van der Waals surface area contributed by atoms with E-state index in [0.29, 0.717) is 4.47 Å². The lowest BCUT2D eigenvalue weighted by molar-refractivity contribution is 0.0702. The van der Waals surface area contributed by atoms with Gasteiger partial charge in [0.1, 0.15) is 0 Å². The number of rotatable bonds is 3. The highest BCUT2D eigenvalue weighted by atomic mass is 79.9. The highest BCUT2D eigenvalue weighted by molar-refractivity contribution is 9.10. The summed E-state index contributed by atoms with van der Waals surface area (Å²) in [4.78, 5) is 14.3. The number of carbonyl (C=O) groups is 1. The summed E-state index contributed by atoms with van der Waals surface area (Å²) < 4.78 is 19.2. The van der Waals surface area contributed by atoms with Gasteiger partial charge in [0, 0.05) is 4.47 Å². The maximum Gasteiger partial charge on any atom is 0.349 e. The predicted octanol–water partition coefficient (Wildman–Crippen LogP) is 4.19. The molecule has 0 saturated carbocycles. The molecule has 1 N–H and O–H groups in total. The lowest BCUT2D eigenvalue weighted by Crippen LogP contribution is -1.91. The van der Waals surface area contributed by atoms with Gasteiger partial charge < -0.3 is 9.84 Å². The summed E-state index contributed by atoms with van der Waals surface area (Å²) in [6.07, 6.45) is 0. The van der Waals surface area contributed by atoms with Crippen molar-refractivity contribution >= 4 is 44.8 Å². The molecule has 94 valence electrons. The van der Waals surface area contributed by atoms with E-state index in [-0.39, 0.29) is 21.0 Å². The van der Waals surface area contributed by atoms with Crippen LogP contribution < -0.4 is 4.74 Å². The van der Waals surface area contributed by atoms with E-state index in [2.05, 4.69) is 20.9 Å². The van der Waals surface area contributed by atoms with E-state index >= 15 is 0 Å². The normalized spacial score (nSPS) is 10.4. The summed E-state index contributed by atoms with van der Waals surface area (Å²) in [7, 11) is 0. The third-order valence-electron chi connectivity index (χ3n) is 1.85. The number of nitrogens with zero attached hydrogens (tertiary/aromatic N) is 1. The largest absolute Gasteiger partial charge is 0.477 e. The fourth-order valence-corrected chi connectivity index (χ4v) is 2.43. The van der Waals surface area contributed by atoms with Crippen LogP contribution in [-0.2, 0) is 0 Å². The first-order valence-electron chi connectivity index (χ1n) is 4.50. The van der Waals surface area contributed by atoms with Crippen LogP contribution in [0.15, 0.2) is 22.7 Å². The summed E-state index contributed by atoms with van der Waals surface area (Å²) >= 11 is 9.51. The van der Waals surface area contributed by atoms with E-state index in [9.17, 15) is 9.18 Å². The van der Waals surface area contributed by atoms with Gasteiger partial charge in [0.25, 0.3) is 5.19 Å². The van der Waals surface area contributed by atoms with Crippen LogP contribution in [0.25, 0.3) is 0 Å². The Morgan fingerprint density at radius 2 is 2.28 bits per heavy atom. The number of hydrogen-bond acceptors (Lipinski definition) is 4. The van der Waals surface area contributed by atoms with Gasteiger partial charge in [-0.15, -0.1) is 0 Å². The third-order valence-corrected chi connectivity index (χ3v) is 3.65. The SMILES string of the molecule is O=C(O)c1sc(Oc2cc(Br)ccc2F)nc1Cl. The molecule has 0 amide bonds. The Bertz CT molecular complexity index is 619. The van der Waals surface area contributed by atoms with E-state index in [1.807, 2.05) is 0 Å². The van der Waals surface area contributed by atoms with Crippen molar-refractivity contribution in [3.05, 3.63) is 38.5 Å². The smallest absolute Gasteiger partial charge is 0.349 e. The fraction of sp³-hybridized carbons (Fsp3) is 0. The van der Waals surface area contributed by atoms with Crippen LogP contribution in [0.2, 0.25) is 5.15 Å². The van der Waals surface area contributed by atoms with E-state index in [1.54, 1.807) is 0 Å². The number of carboxylic acids is 1. The summed E-state index contributed by atoms with van der Waals surface area (Å²) in [5.74, 6) is -1.85. The quantitative estimate of drug-likeness (QED) is 0.900. The van der Waals surface area contributed by atoms with Crippen molar-refractivity contribution in [1.29, 1.82) is 0 Å². The number of benzene rings is 1. The summed E-state index contributed by atoms with van der Waals surface area (Å²) in [5, 5.41) is 8.58. The Kier molecular flexibility index (Phi) is 3.84. The lowest BCUT2D eigenvalue weighted by Gasteiger charge is -2.02. The molecule has 0 aliphatic heterocycles. The van der Waals surface area contributed by atoms with Crippen LogP contribution in [0.5, 0.6) is 10.9 Å². The Balaban J connectivity index is 2.31. The first-order valence-corrected chi connectivity index (χ1v) is 6.48. The van der Waals surface area contributed by atoms with Gasteiger partial charge in [-0.1, -0.05) is 38.9 Å². The molecule has 18 heavy (non-hydrogen) atoms. The fourth-order valence-electron chi connectivity index (χ4n) is 1.11. The number of carboxylic acid groups (broad SMARTS) is 1. The molecule has 0 spiro atoms. The van der Waals surface area contributed by atoms with Gasteiger partial charge in [-0.25, -0.2) is 9.18 Å². The zero-order valence-electron chi connectivity index (χ0n) is 8.49. The van der Waals surface area contributed by atoms with Crippen LogP contribution >= 0.6 is 38.9 Å². The van der Waals surface area contributed by atoms with Gasteiger partial charge in [0.05, 0.1) is 0 Å². The second-order valence-electron chi connectivity index (χ2n) is 3.08. The van der Waals surface area contributed by atoms with Gasteiger partial charge in [-0.2, -0.15) is 4.98 Å². The zero-order valence-corrected chi connectivity index (χ0v) is 11.6. The minimum Gasteiger partial charge on any atom is -0.477 e. The van der Waals surface area contributed by atoms with Crippen molar-refractivity contribution in [3.63, 3.8) is 0 Å². The van der Waals surface area contributed by atoms with Crippen LogP contribution in [-0.4, -0.2) is 16.1 Å². The van der Waals surface area contributed by atoms with Crippen molar-refractivity contribution in [2.75, 3.05) is 0 Å². The first-order chi connectivity index (χ1) is 8.47. The number of aromatic carboxylic acids is 1. The topological polar surface area (TPSA) is 59.4 Å². The molecule has 0 radical (unpaired) electrons. The highest BCUT2D eigenvalue weighted by Crippen LogP contribution is 2.33. The van der Waals surface area contributed by atoms with Crippen LogP contribution in [0.4, 0.5) is 4.39 Å². The van der Waals surface area contributed by atoms with E-state index < -0.39 is 11.8 Å². The molecule has 0 unspecified atom stereocenters. The molecular weight excluding hydrogens is 349 g/mol. The Hall–Kier alpha value is -1.18. The maximum absolute atomic E-state index is 13.4. The average molecular weight is 353 g/mol. The molecule has 0 atom stereocenters. The van der Waals surface area contributed by atoms with Crippen molar-refractivity contribution in [1.82, 2.24) is 4.98 Å². The number of hydrogen-bond donors (Lipinski definition) is 1. The third kappa shape index (κ3) is 2.80. The van der Waals surface area contributed by atoms with Crippen molar-refractivity contribution in [2.45, 2.75) is 0 Å². The van der Waals surface area contributed by atoms with Crippen LogP contribution in [0.1, 0.15) is 9.67 Å². The highest BCUT2D eigenvalue weighted by Gasteiger charge is 2.18. The van der Waals surface area contributed by atoms with Gasteiger partial charge >= 0.3 is 5.97 Å². The van der Waals surface area contributed by atoms with E-state index in [4.69, 9.17) is 21.4 Å². The standard InChI is InChI=1S/C10H4BrClFNO3S/c11-4-1-2-5(13)6(3-4)17-10-14-8(12)7(18-10)9(15)16/h1-3H,(H,15,16). The van der Waals surface area contributed by atoms with Crippen molar-refractivity contribution in [3.8, 4) is 10.9 Å². The van der Waals surface area contributed by atoms with Gasteiger partial charge in [-0.3, -0.25) is 0 Å². The predicted molar refractivity (Wildman–Crippen MR) is 68.3 cm³/mol. The van der Waals surface area contributed by atoms with Crippen molar-refractivity contribution < 1.29 is 19.0 Å². The monoisotopic (exact) mass is 351 g/mol. The Morgan fingerprint density at radius 1 is 1.56 bits per heavy atom. The Labute approximate surface area is 118 Å². The van der Waals surface area contributed by atoms with E-state index in [0.717, 1.165) is 11.3 Å². The number of ether oxygens (including phenoxy) is 1. The molecule has 0 aliphatic rings. The number of aromatic nitrogens is 1. The maximum atomic E-state index is 13.4. The van der Waals surface area contributed by atoms with Crippen molar-refractivity contribution in [2.24, 2.45) is 0 Å². The minimum atomic E-state index is -1.21. The number of halogens is 3. The second kappa shape index (κ2) is 5.21. The van der Waals surface area contributed by atoms with Crippen LogP contribution in [0, 0.1) is 5.82 Å². The molecule has 4 nitrogen and oxygen atoms in total. The molecule has 1 aromatic carbocycles. The molecular formula is C10H4BrClFNO3S. The van der Waals surface area contributed by atoms with Gasteiger partial charge in [0.15, 0.2) is 21.6 Å². The molecule has 0 bridgehead atoms. The Morgan fingerprint density at radius 3 is 2.89 bits per heavy atom. The summed E-state index contributed by atoms with van der Waals surface area (Å²) in [6, 6.07) is 4.14. The molecule has 0 aliphatic carbocycles. The molecule has 0 saturated heterocycles. The minimum absolute atomic E-state index is 0.0330. The molecule has 2 aromatic rings. The second-order valence-corrected chi connectivity index (χ2v) is 5.32. The lowest BCUT2D eigenvalue weighted by atomic mass is 10.3. The average Bonchev–Trinajstić information content (AvgIpc) is 2.65. The first kappa shape index (κ1) is 13.3. The van der Waals surface area contributed by atoms with E-state index in [1.165, 1.54) is 18.2 Å². The number of thiazole rings is 1. The molecule has 1 aromatic heterocycles. The van der Waals surface area contributed by atoms with Gasteiger partial charge in [-0.05, 0) is 18.2 Å². The summed E-state index contributed by atoms with van der Waals surface area (Å²) in [5.41, 5.74) is 0. The molecule has 8 heteroatoms. The molecule has 0 fully saturated rings. The van der Waals surface area contributed by atoms with Gasteiger partial charge in [0.2, 0.25) is 0 Å². The molecule has 1 heterocycles.